The van der Waals surface area contributed by atoms with E-state index in [1.807, 2.05) is 81.5 Å². The van der Waals surface area contributed by atoms with E-state index >= 15 is 0 Å². The number of rotatable bonds is 12. The molecule has 14 heteroatoms. The summed E-state index contributed by atoms with van der Waals surface area (Å²) in [6.07, 6.45) is 15.7. The molecule has 0 fully saturated rings. The molecule has 14 nitrogen and oxygen atoms in total. The highest BCUT2D eigenvalue weighted by Gasteiger charge is 2.26. The lowest BCUT2D eigenvalue weighted by Gasteiger charge is -2.07. The van der Waals surface area contributed by atoms with Crippen LogP contribution in [-0.4, -0.2) is 63.9 Å². The second kappa shape index (κ2) is 18.9. The lowest BCUT2D eigenvalue weighted by Crippen LogP contribution is -2.15. The Labute approximate surface area is 386 Å². The minimum atomic E-state index is -0.922. The van der Waals surface area contributed by atoms with E-state index in [1.54, 1.807) is 13.0 Å². The Morgan fingerprint density at radius 3 is 1.36 bits per heavy atom. The van der Waals surface area contributed by atoms with Crippen molar-refractivity contribution in [3.05, 3.63) is 175 Å². The third-order valence-electron chi connectivity index (χ3n) is 12.2. The largest absolute Gasteiger partial charge is 0.481 e. The normalized spacial score (nSPS) is 15.3. The van der Waals surface area contributed by atoms with Crippen molar-refractivity contribution in [2.75, 3.05) is 0 Å². The minimum absolute atomic E-state index is 0.0688. The summed E-state index contributed by atoms with van der Waals surface area (Å²) < 4.78 is 0. The zero-order valence-corrected chi connectivity index (χ0v) is 37.6. The zero-order valence-electron chi connectivity index (χ0n) is 37.6. The van der Waals surface area contributed by atoms with Crippen molar-refractivity contribution in [3.63, 3.8) is 0 Å². The molecule has 9 rings (SSSR count). The molecular formula is C53H50N8O6. The average Bonchev–Trinajstić information content (AvgIpc) is 4.18. The van der Waals surface area contributed by atoms with Crippen molar-refractivity contribution < 1.29 is 29.4 Å². The second-order valence-corrected chi connectivity index (χ2v) is 16.6. The summed E-state index contributed by atoms with van der Waals surface area (Å²) in [4.78, 5) is 70.5. The summed E-state index contributed by atoms with van der Waals surface area (Å²) in [5, 5.41) is 24.6. The molecule has 5 aromatic rings. The number of amides is 2. The van der Waals surface area contributed by atoms with Gasteiger partial charge in [-0.25, -0.2) is 9.97 Å². The van der Waals surface area contributed by atoms with Gasteiger partial charge in [0.2, 0.25) is 0 Å². The van der Waals surface area contributed by atoms with E-state index in [-0.39, 0.29) is 37.5 Å². The molecule has 0 unspecified atom stereocenters. The number of carbonyl (C=O) groups is 4. The highest BCUT2D eigenvalue weighted by atomic mass is 16.4. The molecule has 8 N–H and O–H groups in total. The fourth-order valence-electron chi connectivity index (χ4n) is 8.55. The lowest BCUT2D eigenvalue weighted by molar-refractivity contribution is -0.138. The van der Waals surface area contributed by atoms with Crippen LogP contribution in [-0.2, 0) is 38.4 Å². The molecule has 4 aliphatic rings. The smallest absolute Gasteiger partial charge is 0.303 e. The molecule has 2 amide bonds. The number of carboxylic acids is 2. The molecule has 0 spiro atoms. The number of hydrogen-bond donors (Lipinski definition) is 8. The highest BCUT2D eigenvalue weighted by molar-refractivity contribution is 6.03. The number of nitrogens with zero attached hydrogens (tertiary/aromatic N) is 2. The van der Waals surface area contributed by atoms with Gasteiger partial charge in [-0.2, -0.15) is 0 Å². The van der Waals surface area contributed by atoms with Gasteiger partial charge in [0, 0.05) is 86.5 Å². The molecule has 5 aromatic heterocycles. The Morgan fingerprint density at radius 1 is 0.567 bits per heavy atom. The van der Waals surface area contributed by atoms with Crippen molar-refractivity contribution in [1.82, 2.24) is 40.5 Å². The first-order valence-electron chi connectivity index (χ1n) is 21.8. The zero-order chi connectivity index (χ0) is 47.5. The number of fused-ring (bicyclic) bond motifs is 8. The quantitative estimate of drug-likeness (QED) is 0.0589. The molecule has 4 aliphatic heterocycles. The third kappa shape index (κ3) is 9.93. The van der Waals surface area contributed by atoms with Crippen LogP contribution in [0, 0.1) is 13.8 Å². The van der Waals surface area contributed by atoms with Crippen LogP contribution in [0.25, 0.3) is 58.5 Å². The van der Waals surface area contributed by atoms with Gasteiger partial charge in [0.25, 0.3) is 11.8 Å². The van der Waals surface area contributed by atoms with Crippen LogP contribution < -0.4 is 10.6 Å². The molecule has 0 radical (unpaired) electrons. The molecule has 0 aliphatic carbocycles. The first kappa shape index (κ1) is 45.1. The minimum Gasteiger partial charge on any atom is -0.481 e. The summed E-state index contributed by atoms with van der Waals surface area (Å²) in [6.45, 7) is 14.9. The summed E-state index contributed by atoms with van der Waals surface area (Å²) >= 11 is 0. The number of carboxylic acid groups (broad SMARTS) is 2. The first-order chi connectivity index (χ1) is 32.2. The topological polar surface area (TPSA) is 222 Å². The Balaban J connectivity index is 0.000000211. The van der Waals surface area contributed by atoms with E-state index in [1.165, 1.54) is 6.08 Å². The molecule has 8 bridgehead atoms. The van der Waals surface area contributed by atoms with Crippen molar-refractivity contribution in [2.24, 2.45) is 0 Å². The molecule has 0 saturated heterocycles. The Kier molecular flexibility index (Phi) is 12.7. The highest BCUT2D eigenvalue weighted by Crippen LogP contribution is 2.32. The van der Waals surface area contributed by atoms with Crippen molar-refractivity contribution in [3.8, 4) is 0 Å². The van der Waals surface area contributed by atoms with Gasteiger partial charge >= 0.3 is 11.9 Å². The van der Waals surface area contributed by atoms with Gasteiger partial charge < -0.3 is 40.8 Å². The number of aromatic amines is 4. The molecule has 9 heterocycles. The van der Waals surface area contributed by atoms with Gasteiger partial charge in [0.15, 0.2) is 0 Å². The number of nitrogens with one attached hydrogen (secondary N) is 6. The van der Waals surface area contributed by atoms with Gasteiger partial charge in [-0.05, 0) is 153 Å². The number of hydrogen-bond acceptors (Lipinski definition) is 6. The van der Waals surface area contributed by atoms with Crippen molar-refractivity contribution in [2.45, 2.75) is 59.8 Å². The van der Waals surface area contributed by atoms with Crippen LogP contribution in [0.15, 0.2) is 108 Å². The summed E-state index contributed by atoms with van der Waals surface area (Å²) in [6, 6.07) is 16.4. The van der Waals surface area contributed by atoms with E-state index in [2.05, 4.69) is 78.0 Å². The Morgan fingerprint density at radius 2 is 0.970 bits per heavy atom. The number of H-pyrrole nitrogens is 4. The molecule has 0 saturated carbocycles. The Hall–Kier alpha value is -8.52. The maximum atomic E-state index is 12.3. The first-order valence-corrected chi connectivity index (χ1v) is 21.8. The Bertz CT molecular complexity index is 3120. The van der Waals surface area contributed by atoms with E-state index < -0.39 is 11.9 Å². The number of aromatic nitrogens is 6. The second-order valence-electron chi connectivity index (χ2n) is 16.6. The molecule has 0 aromatic carbocycles. The van der Waals surface area contributed by atoms with Crippen LogP contribution >= 0.6 is 0 Å². The number of carbonyl (C=O) groups excluding carboxylic acids is 2. The maximum Gasteiger partial charge on any atom is 0.303 e. The standard InChI is InChI=1S/C33H36N4O6.C20H14N4/c1-7-20-19(6)32(42)37-27(20)14-25-18(5)23(10-12-31(40)41)29(35-25)15-28-22(9-11-30(38)39)17(4)24(34-28)13-26-16(3)21(8-2)33(43)36-26;1-2-14-10-16-5-6-18(23-16)12-20-8-7-19(24-20)11-17-4-3-15(22-17)9-13(1)21-14/h7-8,13-14,34-35H,1-2,9-12,15H2,3-6H3,(H,36,43)(H,37,42)(H,38,39)(H,40,41);1-12,21,24H/b26-13-,27-14-;. The SMILES string of the molecule is C1=Cc2cc3ccc(cc4nc(cc5ccc(cc1n2)[nH]5)C=C4)[nH]3.C=CC1=C(C)/C(=C/c2[nH]c(Cc3[nH]c(/C=C4\NC(=O)C(C)=C4C=C)c(C)c3CCC(=O)O)c(CCC(=O)O)c2C)NC1=O. The monoisotopic (exact) mass is 894 g/mol. The van der Waals surface area contributed by atoms with Crippen LogP contribution in [0.1, 0.15) is 94.5 Å². The summed E-state index contributed by atoms with van der Waals surface area (Å²) in [5.41, 5.74) is 18.0. The van der Waals surface area contributed by atoms with Crippen LogP contribution in [0.5, 0.6) is 0 Å². The van der Waals surface area contributed by atoms with E-state index in [0.29, 0.717) is 34.5 Å². The fraction of sp³-hybridized carbons (Fsp3) is 0.170. The predicted octanol–water partition coefficient (Wildman–Crippen LogP) is 9.19. The molecular weight excluding hydrogens is 845 g/mol. The van der Waals surface area contributed by atoms with Crippen LogP contribution in [0.2, 0.25) is 0 Å². The molecule has 0 atom stereocenters. The number of aliphatic carboxylic acids is 2. The van der Waals surface area contributed by atoms with Crippen LogP contribution in [0.4, 0.5) is 0 Å². The number of allylic oxidation sites excluding steroid dienone is 2. The molecule has 67 heavy (non-hydrogen) atoms. The van der Waals surface area contributed by atoms with E-state index in [4.69, 9.17) is 0 Å². The van der Waals surface area contributed by atoms with Crippen molar-refractivity contribution >= 4 is 82.3 Å². The van der Waals surface area contributed by atoms with Gasteiger partial charge in [0.1, 0.15) is 0 Å². The van der Waals surface area contributed by atoms with Gasteiger partial charge in [-0.1, -0.05) is 25.3 Å². The third-order valence-corrected chi connectivity index (χ3v) is 12.2. The molecule has 338 valence electrons. The lowest BCUT2D eigenvalue weighted by atomic mass is 9.98. The van der Waals surface area contributed by atoms with Crippen LogP contribution in [0.3, 0.4) is 0 Å². The summed E-state index contributed by atoms with van der Waals surface area (Å²) in [5.74, 6) is -2.28. The van der Waals surface area contributed by atoms with Gasteiger partial charge in [-0.15, -0.1) is 0 Å². The maximum absolute atomic E-state index is 12.3. The van der Waals surface area contributed by atoms with Crippen molar-refractivity contribution in [1.29, 1.82) is 0 Å². The van der Waals surface area contributed by atoms with E-state index in [9.17, 15) is 29.4 Å². The average molecular weight is 895 g/mol. The van der Waals surface area contributed by atoms with E-state index in [0.717, 1.165) is 95.4 Å². The van der Waals surface area contributed by atoms with Gasteiger partial charge in [-0.3, -0.25) is 19.2 Å². The fourth-order valence-corrected chi connectivity index (χ4v) is 8.55. The van der Waals surface area contributed by atoms with Gasteiger partial charge in [0.05, 0.1) is 28.5 Å². The predicted molar refractivity (Wildman–Crippen MR) is 263 cm³/mol. The summed E-state index contributed by atoms with van der Waals surface area (Å²) in [7, 11) is 0.